The summed E-state index contributed by atoms with van der Waals surface area (Å²) in [5.74, 6) is -0.703. The Balaban J connectivity index is 2.34. The van der Waals surface area contributed by atoms with Gasteiger partial charge in [-0.15, -0.1) is 0 Å². The van der Waals surface area contributed by atoms with Crippen LogP contribution in [0.2, 0.25) is 0 Å². The zero-order valence-corrected chi connectivity index (χ0v) is 36.3. The number of aliphatic hydroxyl groups is 7. The minimum Gasteiger partial charge on any atom is -0.394 e. The largest absolute Gasteiger partial charge is 0.394 e. The van der Waals surface area contributed by atoms with Gasteiger partial charge < -0.3 is 50.5 Å². The van der Waals surface area contributed by atoms with Crippen LogP contribution in [0.1, 0.15) is 206 Å². The smallest absolute Gasteiger partial charge is 0.249 e. The standard InChI is InChI=1S/C46H89NO10/c1-3-5-7-9-11-13-14-15-16-17-18-19-20-21-22-23-24-25-26-28-30-32-34-39(50)45(55)47-37(36-56-46-44(54)43(53)42(52)40(35-48)57-46)41(51)38(49)33-31-29-27-12-10-8-6-4-2/h21-22,37-44,46,48-54H,3-20,23-36H2,1-2H3,(H,47,55)/b22-21-. The third kappa shape index (κ3) is 26.6. The van der Waals surface area contributed by atoms with Crippen molar-refractivity contribution in [1.29, 1.82) is 0 Å². The average Bonchev–Trinajstić information content (AvgIpc) is 3.21. The van der Waals surface area contributed by atoms with Gasteiger partial charge in [0.15, 0.2) is 6.29 Å². The van der Waals surface area contributed by atoms with Crippen molar-refractivity contribution in [1.82, 2.24) is 5.32 Å². The Labute approximate surface area is 347 Å². The van der Waals surface area contributed by atoms with Crippen molar-refractivity contribution in [3.8, 4) is 0 Å². The first-order valence-electron chi connectivity index (χ1n) is 23.6. The van der Waals surface area contributed by atoms with E-state index in [0.717, 1.165) is 51.4 Å². The molecule has 338 valence electrons. The molecule has 1 aliphatic rings. The van der Waals surface area contributed by atoms with E-state index in [1.807, 2.05) is 0 Å². The summed E-state index contributed by atoms with van der Waals surface area (Å²) in [6, 6.07) is -1.16. The Morgan fingerprint density at radius 1 is 0.596 bits per heavy atom. The Bertz CT molecular complexity index is 939. The maximum absolute atomic E-state index is 13.0. The summed E-state index contributed by atoms with van der Waals surface area (Å²) in [6.07, 6.45) is 27.2. The number of carbonyl (C=O) groups excluding carboxylic acids is 1. The number of nitrogens with one attached hydrogen (secondary N) is 1. The maximum atomic E-state index is 13.0. The van der Waals surface area contributed by atoms with Crippen LogP contribution in [-0.2, 0) is 14.3 Å². The highest BCUT2D eigenvalue weighted by atomic mass is 16.7. The molecule has 8 N–H and O–H groups in total. The molecule has 9 unspecified atom stereocenters. The second-order valence-corrected chi connectivity index (χ2v) is 16.8. The summed E-state index contributed by atoms with van der Waals surface area (Å²) in [5.41, 5.74) is 0. The number of rotatable bonds is 39. The van der Waals surface area contributed by atoms with E-state index < -0.39 is 74.2 Å². The number of unbranched alkanes of at least 4 members (excludes halogenated alkanes) is 25. The first kappa shape index (κ1) is 53.9. The number of allylic oxidation sites excluding steroid dienone is 2. The predicted molar refractivity (Wildman–Crippen MR) is 229 cm³/mol. The van der Waals surface area contributed by atoms with Crippen LogP contribution in [0.3, 0.4) is 0 Å². The first-order valence-corrected chi connectivity index (χ1v) is 23.6. The molecular formula is C46H89NO10. The van der Waals surface area contributed by atoms with Crippen molar-refractivity contribution in [2.75, 3.05) is 13.2 Å². The predicted octanol–water partition coefficient (Wildman–Crippen LogP) is 7.67. The SMILES string of the molecule is CCCCCCCCCCCCCC/C=C\CCCCCCCCC(O)C(=O)NC(COC1OC(CO)C(O)C(O)C1O)C(O)C(O)CCCCCCCCCC. The van der Waals surface area contributed by atoms with Crippen molar-refractivity contribution < 1.29 is 50.0 Å². The number of hydrogen-bond acceptors (Lipinski definition) is 10. The maximum Gasteiger partial charge on any atom is 0.249 e. The lowest BCUT2D eigenvalue weighted by Gasteiger charge is -2.40. The number of ether oxygens (including phenoxy) is 2. The fraction of sp³-hybridized carbons (Fsp3) is 0.935. The molecule has 57 heavy (non-hydrogen) atoms. The third-order valence-electron chi connectivity index (χ3n) is 11.6. The monoisotopic (exact) mass is 816 g/mol. The molecule has 1 heterocycles. The van der Waals surface area contributed by atoms with Gasteiger partial charge in [0.2, 0.25) is 5.91 Å². The van der Waals surface area contributed by atoms with Gasteiger partial charge in [-0.3, -0.25) is 4.79 Å². The van der Waals surface area contributed by atoms with Crippen LogP contribution in [0.15, 0.2) is 12.2 Å². The lowest BCUT2D eigenvalue weighted by atomic mass is 9.98. The second-order valence-electron chi connectivity index (χ2n) is 16.8. The minimum atomic E-state index is -1.66. The Morgan fingerprint density at radius 3 is 1.47 bits per heavy atom. The molecule has 0 aliphatic carbocycles. The van der Waals surface area contributed by atoms with Crippen LogP contribution in [0.4, 0.5) is 0 Å². The van der Waals surface area contributed by atoms with Crippen molar-refractivity contribution in [3.05, 3.63) is 12.2 Å². The fourth-order valence-corrected chi connectivity index (χ4v) is 7.61. The van der Waals surface area contributed by atoms with Crippen molar-refractivity contribution in [3.63, 3.8) is 0 Å². The van der Waals surface area contributed by atoms with Crippen molar-refractivity contribution in [2.24, 2.45) is 0 Å². The normalized spacial score (nSPS) is 22.2. The fourth-order valence-electron chi connectivity index (χ4n) is 7.61. The Morgan fingerprint density at radius 2 is 1.02 bits per heavy atom. The molecular weight excluding hydrogens is 727 g/mol. The van der Waals surface area contributed by atoms with E-state index >= 15 is 0 Å². The summed E-state index contributed by atoms with van der Waals surface area (Å²) >= 11 is 0. The summed E-state index contributed by atoms with van der Waals surface area (Å²) in [7, 11) is 0. The van der Waals surface area contributed by atoms with Crippen molar-refractivity contribution >= 4 is 5.91 Å². The molecule has 1 saturated heterocycles. The summed E-state index contributed by atoms with van der Waals surface area (Å²) < 4.78 is 11.0. The van der Waals surface area contributed by atoms with Gasteiger partial charge in [0.25, 0.3) is 0 Å². The van der Waals surface area contributed by atoms with E-state index in [0.29, 0.717) is 19.3 Å². The first-order chi connectivity index (χ1) is 27.7. The van der Waals surface area contributed by atoms with E-state index in [1.165, 1.54) is 116 Å². The van der Waals surface area contributed by atoms with Gasteiger partial charge in [0, 0.05) is 0 Å². The second kappa shape index (κ2) is 36.7. The van der Waals surface area contributed by atoms with Gasteiger partial charge in [-0.05, 0) is 38.5 Å². The lowest BCUT2D eigenvalue weighted by Crippen LogP contribution is -2.60. The van der Waals surface area contributed by atoms with E-state index in [2.05, 4.69) is 31.3 Å². The summed E-state index contributed by atoms with van der Waals surface area (Å²) in [4.78, 5) is 13.0. The molecule has 0 aromatic carbocycles. The van der Waals surface area contributed by atoms with Gasteiger partial charge in [-0.1, -0.05) is 180 Å². The molecule has 0 aromatic heterocycles. The average molecular weight is 816 g/mol. The van der Waals surface area contributed by atoms with Gasteiger partial charge in [0.05, 0.1) is 25.4 Å². The topological polar surface area (TPSA) is 189 Å². The number of amides is 1. The quantitative estimate of drug-likeness (QED) is 0.0226. The minimum absolute atomic E-state index is 0.255. The molecule has 1 aliphatic heterocycles. The van der Waals surface area contributed by atoms with E-state index in [1.54, 1.807) is 0 Å². The molecule has 0 radical (unpaired) electrons. The molecule has 0 bridgehead atoms. The lowest BCUT2D eigenvalue weighted by molar-refractivity contribution is -0.303. The molecule has 0 aromatic rings. The molecule has 0 spiro atoms. The zero-order valence-electron chi connectivity index (χ0n) is 36.3. The van der Waals surface area contributed by atoms with Crippen LogP contribution < -0.4 is 5.32 Å². The van der Waals surface area contributed by atoms with Crippen LogP contribution in [0.25, 0.3) is 0 Å². The van der Waals surface area contributed by atoms with Gasteiger partial charge >= 0.3 is 0 Å². The third-order valence-corrected chi connectivity index (χ3v) is 11.6. The highest BCUT2D eigenvalue weighted by Crippen LogP contribution is 2.23. The Hall–Kier alpha value is -1.15. The van der Waals surface area contributed by atoms with Gasteiger partial charge in [-0.25, -0.2) is 0 Å². The molecule has 9 atom stereocenters. The highest BCUT2D eigenvalue weighted by molar-refractivity contribution is 5.80. The molecule has 11 heteroatoms. The highest BCUT2D eigenvalue weighted by Gasteiger charge is 2.44. The molecule has 1 rings (SSSR count). The van der Waals surface area contributed by atoms with E-state index in [9.17, 15) is 40.5 Å². The Kier molecular flexibility index (Phi) is 34.7. The molecule has 1 amide bonds. The van der Waals surface area contributed by atoms with Crippen LogP contribution in [0, 0.1) is 0 Å². The summed E-state index contributed by atoms with van der Waals surface area (Å²) in [6.45, 7) is 3.40. The molecule has 1 fully saturated rings. The molecule has 11 nitrogen and oxygen atoms in total. The van der Waals surface area contributed by atoms with E-state index in [-0.39, 0.29) is 6.42 Å². The van der Waals surface area contributed by atoms with Crippen LogP contribution in [-0.4, -0.2) is 110 Å². The summed E-state index contributed by atoms with van der Waals surface area (Å²) in [5, 5.41) is 75.4. The number of aliphatic hydroxyl groups excluding tert-OH is 7. The van der Waals surface area contributed by atoms with Gasteiger partial charge in [0.1, 0.15) is 36.6 Å². The van der Waals surface area contributed by atoms with Crippen LogP contribution >= 0.6 is 0 Å². The van der Waals surface area contributed by atoms with Crippen LogP contribution in [0.5, 0.6) is 0 Å². The zero-order chi connectivity index (χ0) is 41.9. The number of hydrogen-bond donors (Lipinski definition) is 8. The van der Waals surface area contributed by atoms with Gasteiger partial charge in [-0.2, -0.15) is 0 Å². The number of carbonyl (C=O) groups is 1. The van der Waals surface area contributed by atoms with E-state index in [4.69, 9.17) is 9.47 Å². The molecule has 0 saturated carbocycles. The van der Waals surface area contributed by atoms with Crippen molar-refractivity contribution in [2.45, 2.75) is 262 Å².